The number of aryl methyl sites for hydroxylation is 1. The summed E-state index contributed by atoms with van der Waals surface area (Å²) in [7, 11) is 0. The molecule has 2 aromatic carbocycles. The monoisotopic (exact) mass is 370 g/mol. The van der Waals surface area contributed by atoms with Crippen molar-refractivity contribution in [1.29, 1.82) is 0 Å². The van der Waals surface area contributed by atoms with E-state index in [1.54, 1.807) is 36.4 Å². The number of hydrogen-bond donors (Lipinski definition) is 2. The van der Waals surface area contributed by atoms with E-state index in [1.807, 2.05) is 6.92 Å². The third kappa shape index (κ3) is 5.43. The standard InChI is InChI=1S/C16H13Cl3N2O2/c1-9-4-10(17)2-3-14(9)21-16(23)8-15(22)20-13-6-11(18)5-12(19)7-13/h2-7H,8H2,1H3,(H,20,22)(H,21,23). The lowest BCUT2D eigenvalue weighted by Gasteiger charge is -2.09. The molecule has 0 spiro atoms. The van der Waals surface area contributed by atoms with Crippen LogP contribution in [0, 0.1) is 6.92 Å². The van der Waals surface area contributed by atoms with Crippen molar-refractivity contribution in [1.82, 2.24) is 0 Å². The second-order valence-corrected chi connectivity index (χ2v) is 6.20. The molecule has 0 radical (unpaired) electrons. The van der Waals surface area contributed by atoms with Crippen molar-refractivity contribution in [2.24, 2.45) is 0 Å². The minimum absolute atomic E-state index is 0.327. The van der Waals surface area contributed by atoms with Gasteiger partial charge in [-0.05, 0) is 48.9 Å². The lowest BCUT2D eigenvalue weighted by Crippen LogP contribution is -2.21. The number of nitrogens with one attached hydrogen (secondary N) is 2. The summed E-state index contributed by atoms with van der Waals surface area (Å²) in [4.78, 5) is 23.8. The fraction of sp³-hybridized carbons (Fsp3) is 0.125. The van der Waals surface area contributed by atoms with Gasteiger partial charge in [-0.2, -0.15) is 0 Å². The smallest absolute Gasteiger partial charge is 0.233 e. The van der Waals surface area contributed by atoms with E-state index in [4.69, 9.17) is 34.8 Å². The Kier molecular flexibility index (Phi) is 5.88. The molecule has 2 N–H and O–H groups in total. The van der Waals surface area contributed by atoms with E-state index in [-0.39, 0.29) is 6.42 Å². The van der Waals surface area contributed by atoms with Crippen molar-refractivity contribution in [3.63, 3.8) is 0 Å². The number of amides is 2. The van der Waals surface area contributed by atoms with E-state index in [9.17, 15) is 9.59 Å². The van der Waals surface area contributed by atoms with Crippen LogP contribution in [0.2, 0.25) is 15.1 Å². The molecule has 0 fully saturated rings. The highest BCUT2D eigenvalue weighted by molar-refractivity contribution is 6.35. The summed E-state index contributed by atoms with van der Waals surface area (Å²) in [5.74, 6) is -0.895. The van der Waals surface area contributed by atoms with E-state index in [1.165, 1.54) is 0 Å². The van der Waals surface area contributed by atoms with Crippen LogP contribution in [0.25, 0.3) is 0 Å². The summed E-state index contributed by atoms with van der Waals surface area (Å²) in [6, 6.07) is 9.72. The first-order valence-corrected chi connectivity index (χ1v) is 7.79. The van der Waals surface area contributed by atoms with Crippen molar-refractivity contribution < 1.29 is 9.59 Å². The minimum atomic E-state index is -0.465. The predicted octanol–water partition coefficient (Wildman–Crippen LogP) is 4.92. The van der Waals surface area contributed by atoms with E-state index < -0.39 is 11.8 Å². The van der Waals surface area contributed by atoms with Crippen LogP contribution in [0.15, 0.2) is 36.4 Å². The van der Waals surface area contributed by atoms with Gasteiger partial charge in [0.1, 0.15) is 6.42 Å². The van der Waals surface area contributed by atoms with Crippen LogP contribution in [-0.2, 0) is 9.59 Å². The molecule has 0 atom stereocenters. The highest BCUT2D eigenvalue weighted by Gasteiger charge is 2.12. The molecule has 120 valence electrons. The first-order chi connectivity index (χ1) is 10.8. The number of rotatable bonds is 4. The lowest BCUT2D eigenvalue weighted by atomic mass is 10.2. The SMILES string of the molecule is Cc1cc(Cl)ccc1NC(=O)CC(=O)Nc1cc(Cl)cc(Cl)c1. The summed E-state index contributed by atoms with van der Waals surface area (Å²) in [5, 5.41) is 6.61. The lowest BCUT2D eigenvalue weighted by molar-refractivity contribution is -0.123. The van der Waals surface area contributed by atoms with Crippen LogP contribution in [-0.4, -0.2) is 11.8 Å². The third-order valence-electron chi connectivity index (χ3n) is 2.93. The van der Waals surface area contributed by atoms with Crippen molar-refractivity contribution >= 4 is 58.0 Å². The van der Waals surface area contributed by atoms with Crippen LogP contribution in [0.3, 0.4) is 0 Å². The Labute approximate surface area is 148 Å². The summed E-state index contributed by atoms with van der Waals surface area (Å²) in [5.41, 5.74) is 1.86. The maximum absolute atomic E-state index is 11.9. The average Bonchev–Trinajstić information content (AvgIpc) is 2.40. The third-order valence-corrected chi connectivity index (χ3v) is 3.60. The number of benzene rings is 2. The summed E-state index contributed by atoms with van der Waals surface area (Å²) < 4.78 is 0. The molecule has 0 aliphatic rings. The van der Waals surface area contributed by atoms with Gasteiger partial charge in [0.25, 0.3) is 0 Å². The molecule has 2 rings (SSSR count). The first kappa shape index (κ1) is 17.6. The molecule has 0 saturated heterocycles. The van der Waals surface area contributed by atoms with Crippen molar-refractivity contribution in [3.8, 4) is 0 Å². The highest BCUT2D eigenvalue weighted by atomic mass is 35.5. The fourth-order valence-electron chi connectivity index (χ4n) is 1.94. The Morgan fingerprint density at radius 1 is 0.870 bits per heavy atom. The zero-order valence-corrected chi connectivity index (χ0v) is 14.4. The maximum atomic E-state index is 11.9. The van der Waals surface area contributed by atoms with Crippen molar-refractivity contribution in [2.75, 3.05) is 10.6 Å². The molecule has 23 heavy (non-hydrogen) atoms. The number of hydrogen-bond acceptors (Lipinski definition) is 2. The minimum Gasteiger partial charge on any atom is -0.326 e. The Hall–Kier alpha value is -1.75. The zero-order valence-electron chi connectivity index (χ0n) is 12.1. The van der Waals surface area contributed by atoms with Gasteiger partial charge in [-0.25, -0.2) is 0 Å². The quantitative estimate of drug-likeness (QED) is 0.749. The second-order valence-electron chi connectivity index (χ2n) is 4.89. The average molecular weight is 372 g/mol. The molecule has 2 amide bonds. The predicted molar refractivity (Wildman–Crippen MR) is 94.5 cm³/mol. The normalized spacial score (nSPS) is 10.3. The van der Waals surface area contributed by atoms with Crippen LogP contribution in [0.5, 0.6) is 0 Å². The van der Waals surface area contributed by atoms with E-state index in [0.29, 0.717) is 26.4 Å². The number of halogens is 3. The molecule has 7 heteroatoms. The molecule has 0 bridgehead atoms. The fourth-order valence-corrected chi connectivity index (χ4v) is 2.69. The molecule has 0 heterocycles. The van der Waals surface area contributed by atoms with Gasteiger partial charge in [-0.3, -0.25) is 9.59 Å². The van der Waals surface area contributed by atoms with Gasteiger partial charge >= 0.3 is 0 Å². The Balaban J connectivity index is 1.95. The number of anilines is 2. The zero-order chi connectivity index (χ0) is 17.0. The van der Waals surface area contributed by atoms with Crippen LogP contribution in [0.1, 0.15) is 12.0 Å². The van der Waals surface area contributed by atoms with Gasteiger partial charge in [-0.15, -0.1) is 0 Å². The van der Waals surface area contributed by atoms with Crippen LogP contribution >= 0.6 is 34.8 Å². The topological polar surface area (TPSA) is 58.2 Å². The summed E-state index contributed by atoms with van der Waals surface area (Å²) in [6.07, 6.45) is -0.327. The van der Waals surface area contributed by atoms with Gasteiger partial charge in [0.05, 0.1) is 0 Å². The molecule has 0 unspecified atom stereocenters. The van der Waals surface area contributed by atoms with E-state index in [2.05, 4.69) is 10.6 Å². The van der Waals surface area contributed by atoms with Gasteiger partial charge in [0.15, 0.2) is 0 Å². The number of carbonyl (C=O) groups excluding carboxylic acids is 2. The van der Waals surface area contributed by atoms with E-state index >= 15 is 0 Å². The molecule has 0 aliphatic carbocycles. The van der Waals surface area contributed by atoms with Gasteiger partial charge < -0.3 is 10.6 Å². The molecule has 0 aromatic heterocycles. The molecule has 2 aromatic rings. The van der Waals surface area contributed by atoms with Gasteiger partial charge in [0, 0.05) is 26.4 Å². The second kappa shape index (κ2) is 7.68. The van der Waals surface area contributed by atoms with E-state index in [0.717, 1.165) is 5.56 Å². The molecule has 4 nitrogen and oxygen atoms in total. The Morgan fingerprint density at radius 3 is 2.09 bits per heavy atom. The Morgan fingerprint density at radius 2 is 1.48 bits per heavy atom. The van der Waals surface area contributed by atoms with Gasteiger partial charge in [-0.1, -0.05) is 34.8 Å². The first-order valence-electron chi connectivity index (χ1n) is 6.65. The molecular weight excluding hydrogens is 359 g/mol. The highest BCUT2D eigenvalue weighted by Crippen LogP contribution is 2.23. The summed E-state index contributed by atoms with van der Waals surface area (Å²) in [6.45, 7) is 1.82. The Bertz CT molecular complexity index is 743. The van der Waals surface area contributed by atoms with Gasteiger partial charge in [0.2, 0.25) is 11.8 Å². The van der Waals surface area contributed by atoms with Crippen molar-refractivity contribution in [3.05, 3.63) is 57.0 Å². The number of carbonyl (C=O) groups is 2. The van der Waals surface area contributed by atoms with Crippen LogP contribution < -0.4 is 10.6 Å². The van der Waals surface area contributed by atoms with Crippen LogP contribution in [0.4, 0.5) is 11.4 Å². The largest absolute Gasteiger partial charge is 0.326 e. The maximum Gasteiger partial charge on any atom is 0.233 e. The molecular formula is C16H13Cl3N2O2. The molecule has 0 aliphatic heterocycles. The molecule has 0 saturated carbocycles. The summed E-state index contributed by atoms with van der Waals surface area (Å²) >= 11 is 17.6. The van der Waals surface area contributed by atoms with Crippen molar-refractivity contribution in [2.45, 2.75) is 13.3 Å².